The maximum absolute atomic E-state index is 12.3. The van der Waals surface area contributed by atoms with E-state index in [0.29, 0.717) is 36.2 Å². The molecule has 116 valence electrons. The summed E-state index contributed by atoms with van der Waals surface area (Å²) in [6, 6.07) is 9.33. The Hall–Kier alpha value is -1.62. The van der Waals surface area contributed by atoms with Gasteiger partial charge in [-0.3, -0.25) is 4.79 Å². The molecule has 0 aromatic heterocycles. The van der Waals surface area contributed by atoms with Crippen molar-refractivity contribution in [1.29, 1.82) is 0 Å². The summed E-state index contributed by atoms with van der Waals surface area (Å²) in [5, 5.41) is 0. The third-order valence-corrected chi connectivity index (χ3v) is 3.27. The van der Waals surface area contributed by atoms with Gasteiger partial charge >= 0.3 is 0 Å². The van der Waals surface area contributed by atoms with E-state index in [2.05, 4.69) is 13.8 Å². The average molecular weight is 308 g/mol. The molecule has 0 aliphatic heterocycles. The maximum Gasteiger partial charge on any atom is 0.260 e. The van der Waals surface area contributed by atoms with E-state index in [1.165, 1.54) is 0 Å². The van der Waals surface area contributed by atoms with Gasteiger partial charge in [0.25, 0.3) is 5.91 Å². The molecule has 0 bridgehead atoms. The minimum Gasteiger partial charge on any atom is -0.484 e. The van der Waals surface area contributed by atoms with Gasteiger partial charge in [0, 0.05) is 19.5 Å². The molecular formula is C16H24N2O2S. The van der Waals surface area contributed by atoms with E-state index in [9.17, 15) is 4.79 Å². The zero-order chi connectivity index (χ0) is 15.7. The van der Waals surface area contributed by atoms with E-state index in [4.69, 9.17) is 22.7 Å². The Balaban J connectivity index is 2.50. The lowest BCUT2D eigenvalue weighted by molar-refractivity contribution is -0.133. The number of hydrogen-bond donors (Lipinski definition) is 1. The first kappa shape index (κ1) is 17.4. The Labute approximate surface area is 132 Å². The van der Waals surface area contributed by atoms with E-state index in [-0.39, 0.29) is 12.5 Å². The third-order valence-electron chi connectivity index (χ3n) is 3.06. The lowest BCUT2D eigenvalue weighted by Crippen LogP contribution is -2.38. The summed E-state index contributed by atoms with van der Waals surface area (Å²) in [5.41, 5.74) is 5.52. The summed E-state index contributed by atoms with van der Waals surface area (Å²) in [7, 11) is 0. The minimum absolute atomic E-state index is 0.0317. The van der Waals surface area contributed by atoms with Crippen molar-refractivity contribution in [2.45, 2.75) is 26.7 Å². The minimum atomic E-state index is -0.0317. The smallest absolute Gasteiger partial charge is 0.260 e. The topological polar surface area (TPSA) is 55.6 Å². The number of benzene rings is 1. The van der Waals surface area contributed by atoms with E-state index in [0.717, 1.165) is 6.42 Å². The molecule has 0 unspecified atom stereocenters. The predicted molar refractivity (Wildman–Crippen MR) is 89.4 cm³/mol. The second kappa shape index (κ2) is 9.34. The maximum atomic E-state index is 12.3. The molecule has 0 spiro atoms. The van der Waals surface area contributed by atoms with Gasteiger partial charge in [0.1, 0.15) is 5.75 Å². The molecule has 0 saturated carbocycles. The van der Waals surface area contributed by atoms with Crippen molar-refractivity contribution in [3.8, 4) is 5.75 Å². The molecule has 1 aromatic rings. The Morgan fingerprint density at radius 2 is 1.95 bits per heavy atom. The van der Waals surface area contributed by atoms with Crippen LogP contribution in [0.2, 0.25) is 0 Å². The van der Waals surface area contributed by atoms with Crippen molar-refractivity contribution in [2.24, 2.45) is 11.7 Å². The quantitative estimate of drug-likeness (QED) is 0.713. The number of para-hydroxylation sites is 1. The van der Waals surface area contributed by atoms with Crippen LogP contribution >= 0.6 is 12.2 Å². The summed E-state index contributed by atoms with van der Waals surface area (Å²) >= 11 is 4.89. The SMILES string of the molecule is CC(C)CCN(CCC(N)=S)C(=O)COc1ccccc1. The summed E-state index contributed by atoms with van der Waals surface area (Å²) in [6.45, 7) is 5.57. The van der Waals surface area contributed by atoms with E-state index < -0.39 is 0 Å². The number of carbonyl (C=O) groups excluding carboxylic acids is 1. The first-order chi connectivity index (χ1) is 9.99. The first-order valence-electron chi connectivity index (χ1n) is 7.23. The highest BCUT2D eigenvalue weighted by Gasteiger charge is 2.14. The molecular weight excluding hydrogens is 284 g/mol. The molecule has 0 atom stereocenters. The largest absolute Gasteiger partial charge is 0.484 e. The molecule has 2 N–H and O–H groups in total. The van der Waals surface area contributed by atoms with Gasteiger partial charge in [0.2, 0.25) is 0 Å². The van der Waals surface area contributed by atoms with Crippen molar-refractivity contribution in [3.63, 3.8) is 0 Å². The number of hydrogen-bond acceptors (Lipinski definition) is 3. The monoisotopic (exact) mass is 308 g/mol. The molecule has 1 aromatic carbocycles. The van der Waals surface area contributed by atoms with Crippen LogP contribution in [-0.4, -0.2) is 35.5 Å². The zero-order valence-electron chi connectivity index (χ0n) is 12.7. The van der Waals surface area contributed by atoms with E-state index >= 15 is 0 Å². The number of nitrogens with two attached hydrogens (primary N) is 1. The fraction of sp³-hybridized carbons (Fsp3) is 0.500. The number of carbonyl (C=O) groups is 1. The van der Waals surface area contributed by atoms with E-state index in [1.807, 2.05) is 30.3 Å². The molecule has 0 fully saturated rings. The normalized spacial score (nSPS) is 10.4. The number of nitrogens with zero attached hydrogens (tertiary/aromatic N) is 1. The van der Waals surface area contributed by atoms with Gasteiger partial charge in [0.05, 0.1) is 4.99 Å². The summed E-state index contributed by atoms with van der Waals surface area (Å²) in [5.74, 6) is 1.21. The highest BCUT2D eigenvalue weighted by atomic mass is 32.1. The number of ether oxygens (including phenoxy) is 1. The first-order valence-corrected chi connectivity index (χ1v) is 7.63. The second-order valence-corrected chi connectivity index (χ2v) is 5.91. The van der Waals surface area contributed by atoms with Crippen LogP contribution in [0.1, 0.15) is 26.7 Å². The van der Waals surface area contributed by atoms with Crippen LogP contribution in [0.5, 0.6) is 5.75 Å². The van der Waals surface area contributed by atoms with Crippen LogP contribution < -0.4 is 10.5 Å². The molecule has 0 aliphatic carbocycles. The van der Waals surface area contributed by atoms with Crippen LogP contribution in [0.4, 0.5) is 0 Å². The van der Waals surface area contributed by atoms with Crippen LogP contribution in [0.15, 0.2) is 30.3 Å². The molecule has 5 heteroatoms. The Morgan fingerprint density at radius 3 is 2.52 bits per heavy atom. The van der Waals surface area contributed by atoms with Crippen molar-refractivity contribution < 1.29 is 9.53 Å². The van der Waals surface area contributed by atoms with Crippen LogP contribution in [-0.2, 0) is 4.79 Å². The zero-order valence-corrected chi connectivity index (χ0v) is 13.6. The summed E-state index contributed by atoms with van der Waals surface area (Å²) in [6.07, 6.45) is 1.50. The molecule has 0 radical (unpaired) electrons. The second-order valence-electron chi connectivity index (χ2n) is 5.38. The Bertz CT molecular complexity index is 449. The average Bonchev–Trinajstić information content (AvgIpc) is 2.45. The lowest BCUT2D eigenvalue weighted by Gasteiger charge is -2.23. The van der Waals surface area contributed by atoms with Gasteiger partial charge in [-0.15, -0.1) is 0 Å². The highest BCUT2D eigenvalue weighted by Crippen LogP contribution is 2.09. The fourth-order valence-electron chi connectivity index (χ4n) is 1.77. The number of thiocarbonyl (C=S) groups is 1. The lowest BCUT2D eigenvalue weighted by atomic mass is 10.1. The number of rotatable bonds is 9. The van der Waals surface area contributed by atoms with Crippen LogP contribution in [0.3, 0.4) is 0 Å². The molecule has 0 saturated heterocycles. The van der Waals surface area contributed by atoms with Crippen LogP contribution in [0, 0.1) is 5.92 Å². The van der Waals surface area contributed by atoms with Crippen molar-refractivity contribution in [2.75, 3.05) is 19.7 Å². The van der Waals surface area contributed by atoms with Crippen molar-refractivity contribution in [1.82, 2.24) is 4.90 Å². The predicted octanol–water partition coefficient (Wildman–Crippen LogP) is 2.62. The molecule has 4 nitrogen and oxygen atoms in total. The molecule has 21 heavy (non-hydrogen) atoms. The molecule has 0 aliphatic rings. The third kappa shape index (κ3) is 7.66. The van der Waals surface area contributed by atoms with Gasteiger partial charge in [-0.05, 0) is 24.5 Å². The van der Waals surface area contributed by atoms with Gasteiger partial charge in [-0.25, -0.2) is 0 Å². The Morgan fingerprint density at radius 1 is 1.29 bits per heavy atom. The molecule has 0 heterocycles. The summed E-state index contributed by atoms with van der Waals surface area (Å²) in [4.78, 5) is 14.5. The van der Waals surface area contributed by atoms with Gasteiger partial charge in [0.15, 0.2) is 6.61 Å². The highest BCUT2D eigenvalue weighted by molar-refractivity contribution is 7.80. The van der Waals surface area contributed by atoms with Crippen molar-refractivity contribution in [3.05, 3.63) is 30.3 Å². The summed E-state index contributed by atoms with van der Waals surface area (Å²) < 4.78 is 5.51. The van der Waals surface area contributed by atoms with Gasteiger partial charge in [-0.1, -0.05) is 44.3 Å². The Kier molecular flexibility index (Phi) is 7.75. The van der Waals surface area contributed by atoms with Crippen molar-refractivity contribution >= 4 is 23.1 Å². The van der Waals surface area contributed by atoms with Gasteiger partial charge < -0.3 is 15.4 Å². The van der Waals surface area contributed by atoms with Crippen LogP contribution in [0.25, 0.3) is 0 Å². The fourth-order valence-corrected chi connectivity index (χ4v) is 1.86. The van der Waals surface area contributed by atoms with Gasteiger partial charge in [-0.2, -0.15) is 0 Å². The van der Waals surface area contributed by atoms with E-state index in [1.54, 1.807) is 4.90 Å². The standard InChI is InChI=1S/C16H24N2O2S/c1-13(2)8-10-18(11-9-15(17)21)16(19)12-20-14-6-4-3-5-7-14/h3-7,13H,8-12H2,1-2H3,(H2,17,21). The number of amides is 1. The molecule has 1 amide bonds. The molecule has 1 rings (SSSR count).